The number of rotatable bonds is 5. The van der Waals surface area contributed by atoms with Crippen LogP contribution in [0.1, 0.15) is 12.0 Å². The molecule has 1 heterocycles. The first-order chi connectivity index (χ1) is 11.0. The number of urea groups is 1. The molecule has 0 aromatic heterocycles. The third-order valence-electron chi connectivity index (χ3n) is 4.25. The summed E-state index contributed by atoms with van der Waals surface area (Å²) in [7, 11) is 4.19. The SMILES string of the molecule is Cc1c(Cl)cccc1NC(=O)N1CCN(CCCN(C)C)CC1. The highest BCUT2D eigenvalue weighted by molar-refractivity contribution is 6.31. The molecule has 1 aliphatic rings. The molecule has 0 bridgehead atoms. The highest BCUT2D eigenvalue weighted by atomic mass is 35.5. The molecular weight excluding hydrogens is 312 g/mol. The van der Waals surface area contributed by atoms with E-state index in [2.05, 4.69) is 29.2 Å². The van der Waals surface area contributed by atoms with E-state index in [4.69, 9.17) is 11.6 Å². The predicted molar refractivity (Wildman–Crippen MR) is 96.4 cm³/mol. The average molecular weight is 339 g/mol. The van der Waals surface area contributed by atoms with E-state index < -0.39 is 0 Å². The highest BCUT2D eigenvalue weighted by Gasteiger charge is 2.21. The van der Waals surface area contributed by atoms with E-state index in [1.165, 1.54) is 6.42 Å². The summed E-state index contributed by atoms with van der Waals surface area (Å²) in [5.41, 5.74) is 1.70. The summed E-state index contributed by atoms with van der Waals surface area (Å²) in [6.45, 7) is 7.54. The Morgan fingerprint density at radius 3 is 2.61 bits per heavy atom. The van der Waals surface area contributed by atoms with Crippen molar-refractivity contribution in [1.82, 2.24) is 14.7 Å². The number of halogens is 1. The first-order valence-corrected chi connectivity index (χ1v) is 8.53. The van der Waals surface area contributed by atoms with Crippen LogP contribution in [0.15, 0.2) is 18.2 Å². The lowest BCUT2D eigenvalue weighted by Gasteiger charge is -2.35. The molecule has 1 saturated heterocycles. The van der Waals surface area contributed by atoms with Gasteiger partial charge in [0, 0.05) is 36.9 Å². The molecule has 0 radical (unpaired) electrons. The molecule has 5 nitrogen and oxygen atoms in total. The van der Waals surface area contributed by atoms with Crippen molar-refractivity contribution < 1.29 is 4.79 Å². The summed E-state index contributed by atoms with van der Waals surface area (Å²) in [5, 5.41) is 3.65. The smallest absolute Gasteiger partial charge is 0.321 e. The van der Waals surface area contributed by atoms with Crippen molar-refractivity contribution in [2.45, 2.75) is 13.3 Å². The number of nitrogens with one attached hydrogen (secondary N) is 1. The number of carbonyl (C=O) groups excluding carboxylic acids is 1. The Balaban J connectivity index is 1.78. The number of piperazine rings is 1. The van der Waals surface area contributed by atoms with Crippen LogP contribution in [0.25, 0.3) is 0 Å². The van der Waals surface area contributed by atoms with Gasteiger partial charge in [0.25, 0.3) is 0 Å². The normalized spacial score (nSPS) is 16.0. The van der Waals surface area contributed by atoms with Crippen LogP contribution in [0.4, 0.5) is 10.5 Å². The zero-order valence-electron chi connectivity index (χ0n) is 14.3. The van der Waals surface area contributed by atoms with Crippen LogP contribution in [-0.2, 0) is 0 Å². The maximum atomic E-state index is 12.4. The molecular formula is C17H27ClN4O. The third kappa shape index (κ3) is 5.37. The van der Waals surface area contributed by atoms with Gasteiger partial charge in [-0.3, -0.25) is 4.90 Å². The lowest BCUT2D eigenvalue weighted by Crippen LogP contribution is -2.50. The predicted octanol–water partition coefficient (Wildman–Crippen LogP) is 2.75. The van der Waals surface area contributed by atoms with E-state index in [1.54, 1.807) is 0 Å². The summed E-state index contributed by atoms with van der Waals surface area (Å²) < 4.78 is 0. The van der Waals surface area contributed by atoms with Gasteiger partial charge in [0.15, 0.2) is 0 Å². The monoisotopic (exact) mass is 338 g/mol. The fourth-order valence-electron chi connectivity index (χ4n) is 2.72. The molecule has 1 N–H and O–H groups in total. The van der Waals surface area contributed by atoms with Gasteiger partial charge in [-0.15, -0.1) is 0 Å². The Bertz CT molecular complexity index is 527. The van der Waals surface area contributed by atoms with Crippen molar-refractivity contribution in [2.75, 3.05) is 58.7 Å². The van der Waals surface area contributed by atoms with Crippen LogP contribution < -0.4 is 5.32 Å². The van der Waals surface area contributed by atoms with E-state index in [0.717, 1.165) is 50.5 Å². The molecule has 0 unspecified atom stereocenters. The van der Waals surface area contributed by atoms with Crippen LogP contribution >= 0.6 is 11.6 Å². The fraction of sp³-hybridized carbons (Fsp3) is 0.588. The molecule has 23 heavy (non-hydrogen) atoms. The quantitative estimate of drug-likeness (QED) is 0.897. The van der Waals surface area contributed by atoms with Crippen molar-refractivity contribution in [3.05, 3.63) is 28.8 Å². The van der Waals surface area contributed by atoms with E-state index >= 15 is 0 Å². The zero-order valence-corrected chi connectivity index (χ0v) is 15.1. The van der Waals surface area contributed by atoms with Gasteiger partial charge in [-0.2, -0.15) is 0 Å². The Kier molecular flexibility index (Phi) is 6.69. The average Bonchev–Trinajstić information content (AvgIpc) is 2.52. The number of anilines is 1. The van der Waals surface area contributed by atoms with Gasteiger partial charge in [-0.25, -0.2) is 4.79 Å². The Morgan fingerprint density at radius 2 is 1.96 bits per heavy atom. The molecule has 0 spiro atoms. The summed E-state index contributed by atoms with van der Waals surface area (Å²) in [5.74, 6) is 0. The van der Waals surface area contributed by atoms with Crippen molar-refractivity contribution in [2.24, 2.45) is 0 Å². The van der Waals surface area contributed by atoms with Crippen molar-refractivity contribution >= 4 is 23.3 Å². The van der Waals surface area contributed by atoms with Crippen molar-refractivity contribution in [1.29, 1.82) is 0 Å². The van der Waals surface area contributed by atoms with Crippen LogP contribution in [-0.4, -0.2) is 74.1 Å². The number of nitrogens with zero attached hydrogens (tertiary/aromatic N) is 3. The number of hydrogen-bond donors (Lipinski definition) is 1. The standard InChI is InChI=1S/C17H27ClN4O/c1-14-15(18)6-4-7-16(14)19-17(23)22-12-10-21(11-13-22)9-5-8-20(2)3/h4,6-7H,5,8-13H2,1-3H3,(H,19,23). The lowest BCUT2D eigenvalue weighted by molar-refractivity contribution is 0.144. The molecule has 1 fully saturated rings. The molecule has 2 amide bonds. The first kappa shape index (κ1) is 18.0. The van der Waals surface area contributed by atoms with Crippen LogP contribution in [0.5, 0.6) is 0 Å². The lowest BCUT2D eigenvalue weighted by atomic mass is 10.2. The zero-order chi connectivity index (χ0) is 16.8. The summed E-state index contributed by atoms with van der Waals surface area (Å²) in [6, 6.07) is 5.53. The topological polar surface area (TPSA) is 38.8 Å². The molecule has 1 aromatic rings. The molecule has 128 valence electrons. The Hall–Kier alpha value is -1.30. The molecule has 2 rings (SSSR count). The highest BCUT2D eigenvalue weighted by Crippen LogP contribution is 2.23. The Morgan fingerprint density at radius 1 is 1.26 bits per heavy atom. The summed E-state index contributed by atoms with van der Waals surface area (Å²) in [4.78, 5) is 18.9. The minimum Gasteiger partial charge on any atom is -0.322 e. The van der Waals surface area contributed by atoms with Gasteiger partial charge < -0.3 is 15.1 Å². The van der Waals surface area contributed by atoms with Gasteiger partial charge in [-0.1, -0.05) is 17.7 Å². The van der Waals surface area contributed by atoms with Gasteiger partial charge in [0.1, 0.15) is 0 Å². The second-order valence-electron chi connectivity index (χ2n) is 6.33. The van der Waals surface area contributed by atoms with Crippen LogP contribution in [0.2, 0.25) is 5.02 Å². The second kappa shape index (κ2) is 8.52. The molecule has 6 heteroatoms. The number of carbonyl (C=O) groups is 1. The van der Waals surface area contributed by atoms with E-state index in [0.29, 0.717) is 5.02 Å². The molecule has 1 aliphatic heterocycles. The van der Waals surface area contributed by atoms with Gasteiger partial charge in [0.2, 0.25) is 0 Å². The first-order valence-electron chi connectivity index (χ1n) is 8.15. The summed E-state index contributed by atoms with van der Waals surface area (Å²) in [6.07, 6.45) is 1.17. The van der Waals surface area contributed by atoms with E-state index in [9.17, 15) is 4.79 Å². The molecule has 0 aliphatic carbocycles. The van der Waals surface area contributed by atoms with Gasteiger partial charge in [0.05, 0.1) is 0 Å². The maximum Gasteiger partial charge on any atom is 0.321 e. The number of amides is 2. The number of hydrogen-bond acceptors (Lipinski definition) is 3. The molecule has 0 saturated carbocycles. The van der Waals surface area contributed by atoms with Gasteiger partial charge >= 0.3 is 6.03 Å². The van der Waals surface area contributed by atoms with Crippen molar-refractivity contribution in [3.63, 3.8) is 0 Å². The van der Waals surface area contributed by atoms with E-state index in [1.807, 2.05) is 30.0 Å². The second-order valence-corrected chi connectivity index (χ2v) is 6.74. The van der Waals surface area contributed by atoms with Crippen LogP contribution in [0.3, 0.4) is 0 Å². The minimum absolute atomic E-state index is 0.0386. The van der Waals surface area contributed by atoms with Gasteiger partial charge in [-0.05, 0) is 58.2 Å². The molecule has 0 atom stereocenters. The largest absolute Gasteiger partial charge is 0.322 e. The maximum absolute atomic E-state index is 12.4. The fourth-order valence-corrected chi connectivity index (χ4v) is 2.90. The van der Waals surface area contributed by atoms with Crippen LogP contribution in [0, 0.1) is 6.92 Å². The summed E-state index contributed by atoms with van der Waals surface area (Å²) >= 11 is 6.10. The Labute approximate surface area is 144 Å². The minimum atomic E-state index is -0.0386. The van der Waals surface area contributed by atoms with E-state index in [-0.39, 0.29) is 6.03 Å². The number of benzene rings is 1. The van der Waals surface area contributed by atoms with Crippen molar-refractivity contribution in [3.8, 4) is 0 Å². The third-order valence-corrected chi connectivity index (χ3v) is 4.66. The molecule has 1 aromatic carbocycles.